The minimum atomic E-state index is 0.768. The fourth-order valence-corrected chi connectivity index (χ4v) is 4.94. The summed E-state index contributed by atoms with van der Waals surface area (Å²) in [6.45, 7) is 7.54. The lowest BCUT2D eigenvalue weighted by molar-refractivity contribution is 0.199. The molecule has 2 saturated carbocycles. The fourth-order valence-electron chi connectivity index (χ4n) is 4.94. The molecule has 3 rings (SSSR count). The Morgan fingerprint density at radius 2 is 1.63 bits per heavy atom. The Morgan fingerprint density at radius 3 is 2.26 bits per heavy atom. The third-order valence-corrected chi connectivity index (χ3v) is 5.94. The maximum atomic E-state index is 3.80. The van der Waals surface area contributed by atoms with Crippen LogP contribution in [0.25, 0.3) is 0 Å². The molecule has 1 N–H and O–H groups in total. The standard InChI is InChI=1S/C17H32N2/c1-2-18-17(14-7-4-3-5-8-14)13-19-11-15-9-6-10-16(15)12-19/h14-18H,2-13H2,1H3. The third kappa shape index (κ3) is 3.33. The molecule has 3 aliphatic rings. The number of nitrogens with one attached hydrogen (secondary N) is 1. The summed E-state index contributed by atoms with van der Waals surface area (Å²) < 4.78 is 0. The van der Waals surface area contributed by atoms with E-state index in [4.69, 9.17) is 0 Å². The minimum absolute atomic E-state index is 0.768. The van der Waals surface area contributed by atoms with Crippen molar-refractivity contribution in [1.29, 1.82) is 0 Å². The molecule has 1 heterocycles. The highest BCUT2D eigenvalue weighted by molar-refractivity contribution is 4.91. The first-order valence-electron chi connectivity index (χ1n) is 8.82. The summed E-state index contributed by atoms with van der Waals surface area (Å²) in [6, 6.07) is 0.768. The van der Waals surface area contributed by atoms with Crippen molar-refractivity contribution in [3.63, 3.8) is 0 Å². The number of nitrogens with zero attached hydrogens (tertiary/aromatic N) is 1. The van der Waals surface area contributed by atoms with E-state index < -0.39 is 0 Å². The van der Waals surface area contributed by atoms with E-state index in [1.54, 1.807) is 0 Å². The second kappa shape index (κ2) is 6.58. The molecular formula is C17H32N2. The molecule has 110 valence electrons. The maximum Gasteiger partial charge on any atom is 0.0223 e. The van der Waals surface area contributed by atoms with Gasteiger partial charge >= 0.3 is 0 Å². The number of likely N-dealkylation sites (N-methyl/N-ethyl adjacent to an activating group) is 1. The number of rotatable bonds is 5. The predicted octanol–water partition coefficient (Wildman–Crippen LogP) is 3.28. The largest absolute Gasteiger partial charge is 0.313 e. The molecule has 2 nitrogen and oxygen atoms in total. The van der Waals surface area contributed by atoms with Crippen LogP contribution in [0.15, 0.2) is 0 Å². The Bertz CT molecular complexity index is 260. The lowest BCUT2D eigenvalue weighted by Crippen LogP contribution is -2.45. The molecule has 0 amide bonds. The Hall–Kier alpha value is -0.0800. The highest BCUT2D eigenvalue weighted by atomic mass is 15.2. The minimum Gasteiger partial charge on any atom is -0.313 e. The number of hydrogen-bond donors (Lipinski definition) is 1. The molecule has 3 atom stereocenters. The Morgan fingerprint density at radius 1 is 0.947 bits per heavy atom. The molecule has 3 fully saturated rings. The molecule has 0 spiro atoms. The van der Waals surface area contributed by atoms with E-state index in [1.807, 2.05) is 0 Å². The topological polar surface area (TPSA) is 15.3 Å². The predicted molar refractivity (Wildman–Crippen MR) is 81.3 cm³/mol. The van der Waals surface area contributed by atoms with Crippen LogP contribution in [0.2, 0.25) is 0 Å². The molecule has 0 aromatic heterocycles. The van der Waals surface area contributed by atoms with Gasteiger partial charge in [0.1, 0.15) is 0 Å². The zero-order chi connectivity index (χ0) is 13.1. The quantitative estimate of drug-likeness (QED) is 0.820. The second-order valence-corrected chi connectivity index (χ2v) is 7.23. The summed E-state index contributed by atoms with van der Waals surface area (Å²) in [6.07, 6.45) is 11.9. The van der Waals surface area contributed by atoms with Gasteiger partial charge in [-0.3, -0.25) is 0 Å². The molecule has 1 aliphatic heterocycles. The van der Waals surface area contributed by atoms with Crippen LogP contribution in [0.1, 0.15) is 58.3 Å². The molecule has 3 unspecified atom stereocenters. The number of likely N-dealkylation sites (tertiary alicyclic amines) is 1. The van der Waals surface area contributed by atoms with E-state index in [9.17, 15) is 0 Å². The first-order valence-corrected chi connectivity index (χ1v) is 8.82. The van der Waals surface area contributed by atoms with Gasteiger partial charge in [0.15, 0.2) is 0 Å². The van der Waals surface area contributed by atoms with E-state index in [2.05, 4.69) is 17.1 Å². The first kappa shape index (κ1) is 13.9. The first-order chi connectivity index (χ1) is 9.36. The summed E-state index contributed by atoms with van der Waals surface area (Å²) in [5, 5.41) is 3.80. The molecular weight excluding hydrogens is 232 g/mol. The van der Waals surface area contributed by atoms with Gasteiger partial charge in [-0.1, -0.05) is 32.6 Å². The summed E-state index contributed by atoms with van der Waals surface area (Å²) in [5.74, 6) is 3.05. The molecule has 1 saturated heterocycles. The van der Waals surface area contributed by atoms with Crippen molar-refractivity contribution >= 4 is 0 Å². The smallest absolute Gasteiger partial charge is 0.0223 e. The van der Waals surface area contributed by atoms with Crippen LogP contribution in [0.3, 0.4) is 0 Å². The van der Waals surface area contributed by atoms with Crippen LogP contribution in [-0.2, 0) is 0 Å². The van der Waals surface area contributed by atoms with Crippen LogP contribution in [-0.4, -0.2) is 37.1 Å². The second-order valence-electron chi connectivity index (χ2n) is 7.23. The van der Waals surface area contributed by atoms with Crippen molar-refractivity contribution in [3.05, 3.63) is 0 Å². The van der Waals surface area contributed by atoms with Gasteiger partial charge in [0.25, 0.3) is 0 Å². The van der Waals surface area contributed by atoms with Crippen molar-refractivity contribution < 1.29 is 0 Å². The van der Waals surface area contributed by atoms with Crippen molar-refractivity contribution in [2.75, 3.05) is 26.2 Å². The molecule has 0 radical (unpaired) electrons. The van der Waals surface area contributed by atoms with E-state index in [-0.39, 0.29) is 0 Å². The van der Waals surface area contributed by atoms with Crippen molar-refractivity contribution in [1.82, 2.24) is 10.2 Å². The number of hydrogen-bond acceptors (Lipinski definition) is 2. The summed E-state index contributed by atoms with van der Waals surface area (Å²) in [5.41, 5.74) is 0. The molecule has 19 heavy (non-hydrogen) atoms. The van der Waals surface area contributed by atoms with Crippen LogP contribution in [0, 0.1) is 17.8 Å². The lowest BCUT2D eigenvalue weighted by Gasteiger charge is -2.34. The van der Waals surface area contributed by atoms with Crippen LogP contribution in [0.4, 0.5) is 0 Å². The van der Waals surface area contributed by atoms with Crippen LogP contribution >= 0.6 is 0 Å². The molecule has 0 bridgehead atoms. The third-order valence-electron chi connectivity index (χ3n) is 5.94. The van der Waals surface area contributed by atoms with E-state index >= 15 is 0 Å². The van der Waals surface area contributed by atoms with Gasteiger partial charge in [0, 0.05) is 25.7 Å². The van der Waals surface area contributed by atoms with Crippen molar-refractivity contribution in [2.45, 2.75) is 64.3 Å². The van der Waals surface area contributed by atoms with Gasteiger partial charge in [-0.25, -0.2) is 0 Å². The zero-order valence-corrected chi connectivity index (χ0v) is 12.7. The van der Waals surface area contributed by atoms with E-state index in [1.165, 1.54) is 71.0 Å². The van der Waals surface area contributed by atoms with Gasteiger partial charge in [-0.2, -0.15) is 0 Å². The maximum absolute atomic E-state index is 3.80. The molecule has 2 aliphatic carbocycles. The average molecular weight is 264 g/mol. The van der Waals surface area contributed by atoms with Crippen LogP contribution < -0.4 is 5.32 Å². The normalized spacial score (nSPS) is 34.6. The summed E-state index contributed by atoms with van der Waals surface area (Å²) in [7, 11) is 0. The lowest BCUT2D eigenvalue weighted by atomic mass is 9.83. The van der Waals surface area contributed by atoms with E-state index in [0.717, 1.165) is 30.3 Å². The Labute approximate surface area is 119 Å². The highest BCUT2D eigenvalue weighted by Crippen LogP contribution is 2.38. The summed E-state index contributed by atoms with van der Waals surface area (Å²) in [4.78, 5) is 2.79. The Kier molecular flexibility index (Phi) is 4.81. The van der Waals surface area contributed by atoms with E-state index in [0.29, 0.717) is 0 Å². The zero-order valence-electron chi connectivity index (χ0n) is 12.7. The highest BCUT2D eigenvalue weighted by Gasteiger charge is 2.37. The van der Waals surface area contributed by atoms with Crippen LogP contribution in [0.5, 0.6) is 0 Å². The Balaban J connectivity index is 1.52. The fraction of sp³-hybridized carbons (Fsp3) is 1.00. The monoisotopic (exact) mass is 264 g/mol. The molecule has 0 aromatic carbocycles. The van der Waals surface area contributed by atoms with Gasteiger partial charge in [0.05, 0.1) is 0 Å². The SMILES string of the molecule is CCNC(CN1CC2CCCC2C1)C1CCCCC1. The molecule has 2 heteroatoms. The van der Waals surface area contributed by atoms with Gasteiger partial charge < -0.3 is 10.2 Å². The van der Waals surface area contributed by atoms with Gasteiger partial charge in [-0.05, 0) is 50.0 Å². The van der Waals surface area contributed by atoms with Crippen molar-refractivity contribution in [2.24, 2.45) is 17.8 Å². The van der Waals surface area contributed by atoms with Gasteiger partial charge in [0.2, 0.25) is 0 Å². The summed E-state index contributed by atoms with van der Waals surface area (Å²) >= 11 is 0. The average Bonchev–Trinajstić information content (AvgIpc) is 3.00. The van der Waals surface area contributed by atoms with Crippen molar-refractivity contribution in [3.8, 4) is 0 Å². The number of fused-ring (bicyclic) bond motifs is 1. The van der Waals surface area contributed by atoms with Gasteiger partial charge in [-0.15, -0.1) is 0 Å². The molecule has 0 aromatic rings.